The number of hydrogen-bond donors (Lipinski definition) is 1. The van der Waals surface area contributed by atoms with E-state index in [2.05, 4.69) is 10.3 Å². The zero-order valence-corrected chi connectivity index (χ0v) is 13.5. The summed E-state index contributed by atoms with van der Waals surface area (Å²) in [7, 11) is -6.83. The van der Waals surface area contributed by atoms with Crippen LogP contribution in [0.3, 0.4) is 0 Å². The SMILES string of the molecule is CCNc1ccc(S(=O)(=O)N2CCCS(=O)(=O)CC2)cn1. The lowest BCUT2D eigenvalue weighted by Crippen LogP contribution is -2.33. The molecule has 0 atom stereocenters. The van der Waals surface area contributed by atoms with Crippen LogP contribution in [0.25, 0.3) is 0 Å². The van der Waals surface area contributed by atoms with Gasteiger partial charge < -0.3 is 5.32 Å². The molecule has 0 unspecified atom stereocenters. The van der Waals surface area contributed by atoms with Gasteiger partial charge in [0.15, 0.2) is 9.84 Å². The molecule has 0 aromatic carbocycles. The highest BCUT2D eigenvalue weighted by Gasteiger charge is 2.29. The zero-order chi connectivity index (χ0) is 15.5. The highest BCUT2D eigenvalue weighted by molar-refractivity contribution is 7.91. The van der Waals surface area contributed by atoms with Crippen molar-refractivity contribution in [3.05, 3.63) is 18.3 Å². The molecule has 1 aromatic rings. The Morgan fingerprint density at radius 1 is 1.29 bits per heavy atom. The molecule has 1 aliphatic rings. The predicted octanol–water partition coefficient (Wildman–Crippen LogP) is 0.323. The number of rotatable bonds is 4. The topological polar surface area (TPSA) is 96.4 Å². The van der Waals surface area contributed by atoms with Gasteiger partial charge in [-0.25, -0.2) is 21.8 Å². The number of hydrogen-bond acceptors (Lipinski definition) is 6. The van der Waals surface area contributed by atoms with Crippen molar-refractivity contribution >= 4 is 25.7 Å². The van der Waals surface area contributed by atoms with Crippen LogP contribution in [0.2, 0.25) is 0 Å². The molecule has 0 amide bonds. The number of sulfonamides is 1. The molecule has 1 aromatic heterocycles. The van der Waals surface area contributed by atoms with Gasteiger partial charge in [0.05, 0.1) is 11.5 Å². The Bertz CT molecular complexity index is 684. The lowest BCUT2D eigenvalue weighted by Gasteiger charge is -2.19. The fraction of sp³-hybridized carbons (Fsp3) is 0.583. The third-order valence-corrected chi connectivity index (χ3v) is 6.84. The van der Waals surface area contributed by atoms with Crippen LogP contribution in [0.15, 0.2) is 23.2 Å². The Hall–Kier alpha value is -1.19. The number of nitrogens with zero attached hydrogens (tertiary/aromatic N) is 2. The van der Waals surface area contributed by atoms with E-state index in [0.717, 1.165) is 0 Å². The van der Waals surface area contributed by atoms with Gasteiger partial charge in [0.2, 0.25) is 10.0 Å². The second-order valence-corrected chi connectivity index (χ2v) is 9.06. The van der Waals surface area contributed by atoms with E-state index in [9.17, 15) is 16.8 Å². The van der Waals surface area contributed by atoms with Crippen molar-refractivity contribution < 1.29 is 16.8 Å². The summed E-state index contributed by atoms with van der Waals surface area (Å²) in [5.74, 6) is 0.515. The highest BCUT2D eigenvalue weighted by atomic mass is 32.2. The molecule has 1 N–H and O–H groups in total. The van der Waals surface area contributed by atoms with E-state index in [1.165, 1.54) is 16.6 Å². The third-order valence-electron chi connectivity index (χ3n) is 3.25. The van der Waals surface area contributed by atoms with Crippen LogP contribution in [0.1, 0.15) is 13.3 Å². The van der Waals surface area contributed by atoms with Crippen molar-refractivity contribution in [3.8, 4) is 0 Å². The van der Waals surface area contributed by atoms with Crippen LogP contribution < -0.4 is 5.32 Å². The van der Waals surface area contributed by atoms with Crippen molar-refractivity contribution in [1.82, 2.24) is 9.29 Å². The maximum absolute atomic E-state index is 12.5. The quantitative estimate of drug-likeness (QED) is 0.852. The fourth-order valence-electron chi connectivity index (χ4n) is 2.12. The van der Waals surface area contributed by atoms with E-state index < -0.39 is 19.9 Å². The average molecular weight is 333 g/mol. The smallest absolute Gasteiger partial charge is 0.244 e. The maximum atomic E-state index is 12.5. The summed E-state index contributed by atoms with van der Waals surface area (Å²) in [6.07, 6.45) is 1.62. The second kappa shape index (κ2) is 6.29. The number of nitrogens with one attached hydrogen (secondary N) is 1. The molecule has 2 rings (SSSR count). The molecular weight excluding hydrogens is 314 g/mol. The van der Waals surface area contributed by atoms with E-state index in [-0.39, 0.29) is 29.5 Å². The number of pyridine rings is 1. The van der Waals surface area contributed by atoms with Crippen molar-refractivity contribution in [2.45, 2.75) is 18.2 Å². The van der Waals surface area contributed by atoms with Gasteiger partial charge in [-0.15, -0.1) is 0 Å². The van der Waals surface area contributed by atoms with E-state index in [4.69, 9.17) is 0 Å². The van der Waals surface area contributed by atoms with Gasteiger partial charge in [-0.2, -0.15) is 4.31 Å². The van der Waals surface area contributed by atoms with Crippen LogP contribution in [0.4, 0.5) is 5.82 Å². The van der Waals surface area contributed by atoms with Crippen LogP contribution in [-0.4, -0.2) is 57.3 Å². The number of sulfone groups is 1. The van der Waals surface area contributed by atoms with Crippen LogP contribution >= 0.6 is 0 Å². The van der Waals surface area contributed by atoms with Gasteiger partial charge in [-0.3, -0.25) is 0 Å². The standard InChI is InChI=1S/C12H19N3O4S2/c1-2-13-12-5-4-11(10-14-12)21(18,19)15-6-3-8-20(16,17)9-7-15/h4-5,10H,2-3,6-9H2,1H3,(H,13,14). The molecule has 0 radical (unpaired) electrons. The van der Waals surface area contributed by atoms with Gasteiger partial charge in [-0.1, -0.05) is 0 Å². The van der Waals surface area contributed by atoms with E-state index in [0.29, 0.717) is 18.8 Å². The first-order chi connectivity index (χ1) is 9.85. The minimum Gasteiger partial charge on any atom is -0.370 e. The van der Waals surface area contributed by atoms with Crippen molar-refractivity contribution in [3.63, 3.8) is 0 Å². The largest absolute Gasteiger partial charge is 0.370 e. The molecule has 0 spiro atoms. The molecule has 0 aliphatic carbocycles. The first-order valence-electron chi connectivity index (χ1n) is 6.75. The summed E-state index contributed by atoms with van der Waals surface area (Å²) in [5, 5.41) is 2.99. The van der Waals surface area contributed by atoms with Crippen LogP contribution in [0.5, 0.6) is 0 Å². The molecule has 2 heterocycles. The van der Waals surface area contributed by atoms with Gasteiger partial charge in [-0.05, 0) is 25.5 Å². The summed E-state index contributed by atoms with van der Waals surface area (Å²) < 4.78 is 49.3. The second-order valence-electron chi connectivity index (χ2n) is 4.82. The van der Waals surface area contributed by atoms with Crippen molar-refractivity contribution in [1.29, 1.82) is 0 Å². The average Bonchev–Trinajstić information content (AvgIpc) is 2.61. The molecule has 7 nitrogen and oxygen atoms in total. The molecule has 21 heavy (non-hydrogen) atoms. The number of aromatic nitrogens is 1. The Morgan fingerprint density at radius 3 is 2.67 bits per heavy atom. The first kappa shape index (κ1) is 16.2. The minimum absolute atomic E-state index is 0.000369. The molecule has 9 heteroatoms. The van der Waals surface area contributed by atoms with Gasteiger partial charge in [0, 0.05) is 25.8 Å². The van der Waals surface area contributed by atoms with Gasteiger partial charge in [0.25, 0.3) is 0 Å². The summed E-state index contributed by atoms with van der Waals surface area (Å²) in [6, 6.07) is 3.09. The molecular formula is C12H19N3O4S2. The van der Waals surface area contributed by atoms with Gasteiger partial charge >= 0.3 is 0 Å². The first-order valence-corrected chi connectivity index (χ1v) is 10.0. The Labute approximate surface area is 125 Å². The lowest BCUT2D eigenvalue weighted by atomic mass is 10.4. The Kier molecular flexibility index (Phi) is 4.84. The summed E-state index contributed by atoms with van der Waals surface area (Å²) in [5.41, 5.74) is 0. The van der Waals surface area contributed by atoms with Crippen LogP contribution in [0, 0.1) is 0 Å². The van der Waals surface area contributed by atoms with E-state index in [1.807, 2.05) is 6.92 Å². The lowest BCUT2D eigenvalue weighted by molar-refractivity contribution is 0.434. The highest BCUT2D eigenvalue weighted by Crippen LogP contribution is 2.18. The predicted molar refractivity (Wildman–Crippen MR) is 80.4 cm³/mol. The third kappa shape index (κ3) is 3.92. The molecule has 1 aliphatic heterocycles. The van der Waals surface area contributed by atoms with E-state index in [1.54, 1.807) is 6.07 Å². The summed E-state index contributed by atoms with van der Waals surface area (Å²) in [6.45, 7) is 2.84. The molecule has 1 saturated heterocycles. The molecule has 1 fully saturated rings. The zero-order valence-electron chi connectivity index (χ0n) is 11.8. The van der Waals surface area contributed by atoms with Gasteiger partial charge in [0.1, 0.15) is 10.7 Å². The monoisotopic (exact) mass is 333 g/mol. The molecule has 0 bridgehead atoms. The van der Waals surface area contributed by atoms with E-state index >= 15 is 0 Å². The molecule has 0 saturated carbocycles. The number of anilines is 1. The molecule has 118 valence electrons. The maximum Gasteiger partial charge on any atom is 0.244 e. The van der Waals surface area contributed by atoms with Crippen LogP contribution in [-0.2, 0) is 19.9 Å². The normalized spacial score (nSPS) is 19.9. The Balaban J connectivity index is 2.21. The van der Waals surface area contributed by atoms with Crippen molar-refractivity contribution in [2.75, 3.05) is 36.5 Å². The van der Waals surface area contributed by atoms with Crippen molar-refractivity contribution in [2.24, 2.45) is 0 Å². The Morgan fingerprint density at radius 2 is 2.05 bits per heavy atom. The fourth-order valence-corrected chi connectivity index (χ4v) is 4.94. The summed E-state index contributed by atoms with van der Waals surface area (Å²) >= 11 is 0. The minimum atomic E-state index is -3.69. The summed E-state index contributed by atoms with van der Waals surface area (Å²) in [4.78, 5) is 4.13.